The maximum atomic E-state index is 12.8. The standard InChI is InChI=1S/C14H9F6NO2/c1-22-12-7-9(6-11(21-12)13(15,16)17)8-3-2-4-10(5-8)23-14(18,19)20/h2-7H,1H3. The molecule has 0 radical (unpaired) electrons. The molecule has 0 fully saturated rings. The first kappa shape index (κ1) is 16.9. The van der Waals surface area contributed by atoms with E-state index in [4.69, 9.17) is 4.74 Å². The molecule has 1 aromatic carbocycles. The van der Waals surface area contributed by atoms with E-state index in [1.165, 1.54) is 18.2 Å². The zero-order valence-electron chi connectivity index (χ0n) is 11.5. The second-order valence-electron chi connectivity index (χ2n) is 4.36. The molecule has 1 aromatic heterocycles. The summed E-state index contributed by atoms with van der Waals surface area (Å²) in [7, 11) is 1.13. The third-order valence-electron chi connectivity index (χ3n) is 2.70. The zero-order valence-corrected chi connectivity index (χ0v) is 11.5. The monoisotopic (exact) mass is 337 g/mol. The van der Waals surface area contributed by atoms with E-state index in [0.29, 0.717) is 0 Å². The van der Waals surface area contributed by atoms with Crippen molar-refractivity contribution in [2.24, 2.45) is 0 Å². The van der Waals surface area contributed by atoms with Gasteiger partial charge in [-0.3, -0.25) is 0 Å². The van der Waals surface area contributed by atoms with Gasteiger partial charge in [0.2, 0.25) is 5.88 Å². The number of rotatable bonds is 3. The Morgan fingerprint density at radius 2 is 1.61 bits per heavy atom. The first-order chi connectivity index (χ1) is 10.6. The van der Waals surface area contributed by atoms with E-state index >= 15 is 0 Å². The molecule has 124 valence electrons. The van der Waals surface area contributed by atoms with Crippen molar-refractivity contribution < 1.29 is 35.8 Å². The van der Waals surface area contributed by atoms with Crippen LogP contribution in [0.1, 0.15) is 5.69 Å². The summed E-state index contributed by atoms with van der Waals surface area (Å²) in [6.07, 6.45) is -9.62. The minimum Gasteiger partial charge on any atom is -0.481 e. The fourth-order valence-corrected chi connectivity index (χ4v) is 1.79. The number of methoxy groups -OCH3 is 1. The molecule has 9 heteroatoms. The Labute approximate surface area is 126 Å². The summed E-state index contributed by atoms with van der Waals surface area (Å²) in [5, 5.41) is 0. The van der Waals surface area contributed by atoms with Crippen molar-refractivity contribution in [2.75, 3.05) is 7.11 Å². The second-order valence-corrected chi connectivity index (χ2v) is 4.36. The number of nitrogens with zero attached hydrogens (tertiary/aromatic N) is 1. The quantitative estimate of drug-likeness (QED) is 0.763. The Morgan fingerprint density at radius 3 is 2.17 bits per heavy atom. The number of hydrogen-bond donors (Lipinski definition) is 0. The van der Waals surface area contributed by atoms with Crippen LogP contribution in [0.25, 0.3) is 11.1 Å². The van der Waals surface area contributed by atoms with Crippen molar-refractivity contribution in [3.8, 4) is 22.8 Å². The van der Waals surface area contributed by atoms with Gasteiger partial charge in [0, 0.05) is 6.07 Å². The molecule has 0 N–H and O–H groups in total. The van der Waals surface area contributed by atoms with E-state index in [9.17, 15) is 26.3 Å². The highest BCUT2D eigenvalue weighted by Gasteiger charge is 2.34. The lowest BCUT2D eigenvalue weighted by Gasteiger charge is -2.12. The minimum absolute atomic E-state index is 0.00296. The predicted molar refractivity (Wildman–Crippen MR) is 67.9 cm³/mol. The third-order valence-corrected chi connectivity index (χ3v) is 2.70. The van der Waals surface area contributed by atoms with Gasteiger partial charge in [0.05, 0.1) is 7.11 Å². The summed E-state index contributed by atoms with van der Waals surface area (Å²) in [5.74, 6) is -0.851. The molecule has 3 nitrogen and oxygen atoms in total. The number of hydrogen-bond acceptors (Lipinski definition) is 3. The first-order valence-electron chi connectivity index (χ1n) is 6.08. The Kier molecular flexibility index (Phi) is 4.39. The van der Waals surface area contributed by atoms with Crippen LogP contribution >= 0.6 is 0 Å². The molecule has 23 heavy (non-hydrogen) atoms. The topological polar surface area (TPSA) is 31.4 Å². The van der Waals surface area contributed by atoms with Gasteiger partial charge < -0.3 is 9.47 Å². The average molecular weight is 337 g/mol. The molecule has 0 unspecified atom stereocenters. The first-order valence-corrected chi connectivity index (χ1v) is 6.08. The van der Waals surface area contributed by atoms with Gasteiger partial charge in [-0.05, 0) is 29.3 Å². The van der Waals surface area contributed by atoms with Crippen LogP contribution in [0.4, 0.5) is 26.3 Å². The van der Waals surface area contributed by atoms with Crippen LogP contribution in [-0.4, -0.2) is 18.5 Å². The lowest BCUT2D eigenvalue weighted by Crippen LogP contribution is -2.17. The van der Waals surface area contributed by atoms with Crippen LogP contribution in [0.2, 0.25) is 0 Å². The zero-order chi connectivity index (χ0) is 17.3. The minimum atomic E-state index is -4.90. The highest BCUT2D eigenvalue weighted by atomic mass is 19.4. The SMILES string of the molecule is COc1cc(-c2cccc(OC(F)(F)F)c2)cc(C(F)(F)F)n1. The molecule has 0 bridgehead atoms. The van der Waals surface area contributed by atoms with Gasteiger partial charge >= 0.3 is 12.5 Å². The largest absolute Gasteiger partial charge is 0.573 e. The maximum Gasteiger partial charge on any atom is 0.573 e. The molecule has 0 atom stereocenters. The summed E-state index contributed by atoms with van der Waals surface area (Å²) in [5.41, 5.74) is -1.12. The van der Waals surface area contributed by atoms with Crippen molar-refractivity contribution in [2.45, 2.75) is 12.5 Å². The molecule has 0 saturated carbocycles. The van der Waals surface area contributed by atoms with Crippen molar-refractivity contribution >= 4 is 0 Å². The van der Waals surface area contributed by atoms with Gasteiger partial charge in [-0.1, -0.05) is 12.1 Å². The molecular formula is C14H9F6NO2. The maximum absolute atomic E-state index is 12.8. The average Bonchev–Trinajstić information content (AvgIpc) is 2.44. The normalized spacial score (nSPS) is 12.1. The van der Waals surface area contributed by atoms with Crippen LogP contribution in [-0.2, 0) is 6.18 Å². The Bertz CT molecular complexity index is 696. The summed E-state index contributed by atoms with van der Waals surface area (Å²) in [6.45, 7) is 0. The fourth-order valence-electron chi connectivity index (χ4n) is 1.79. The highest BCUT2D eigenvalue weighted by Crippen LogP contribution is 2.34. The summed E-state index contributed by atoms with van der Waals surface area (Å²) in [6, 6.07) is 6.49. The summed E-state index contributed by atoms with van der Waals surface area (Å²) < 4.78 is 83.5. The molecule has 0 aliphatic heterocycles. The smallest absolute Gasteiger partial charge is 0.481 e. The van der Waals surface area contributed by atoms with E-state index in [1.807, 2.05) is 0 Å². The number of pyridine rings is 1. The molecule has 0 saturated heterocycles. The predicted octanol–water partition coefficient (Wildman–Crippen LogP) is 4.67. The molecule has 2 aromatic rings. The van der Waals surface area contributed by atoms with E-state index < -0.39 is 24.0 Å². The number of alkyl halides is 6. The fraction of sp³-hybridized carbons (Fsp3) is 0.214. The van der Waals surface area contributed by atoms with Gasteiger partial charge in [-0.2, -0.15) is 13.2 Å². The number of aromatic nitrogens is 1. The van der Waals surface area contributed by atoms with Crippen molar-refractivity contribution in [3.05, 3.63) is 42.1 Å². The molecule has 0 amide bonds. The van der Waals surface area contributed by atoms with Gasteiger partial charge in [0.1, 0.15) is 11.4 Å². The number of benzene rings is 1. The highest BCUT2D eigenvalue weighted by molar-refractivity contribution is 5.66. The molecule has 0 spiro atoms. The van der Waals surface area contributed by atoms with Crippen molar-refractivity contribution in [3.63, 3.8) is 0 Å². The summed E-state index contributed by atoms with van der Waals surface area (Å²) in [4.78, 5) is 3.27. The molecule has 0 aliphatic carbocycles. The Hall–Kier alpha value is -2.45. The van der Waals surface area contributed by atoms with E-state index in [-0.39, 0.29) is 17.0 Å². The van der Waals surface area contributed by atoms with Crippen molar-refractivity contribution in [1.29, 1.82) is 0 Å². The summed E-state index contributed by atoms with van der Waals surface area (Å²) >= 11 is 0. The molecular weight excluding hydrogens is 328 g/mol. The second kappa shape index (κ2) is 5.98. The molecule has 0 aliphatic rings. The van der Waals surface area contributed by atoms with Gasteiger partial charge in [0.25, 0.3) is 0 Å². The van der Waals surface area contributed by atoms with Gasteiger partial charge in [-0.25, -0.2) is 4.98 Å². The van der Waals surface area contributed by atoms with Gasteiger partial charge in [-0.15, -0.1) is 13.2 Å². The van der Waals surface area contributed by atoms with Crippen LogP contribution in [0.5, 0.6) is 11.6 Å². The van der Waals surface area contributed by atoms with Gasteiger partial charge in [0.15, 0.2) is 0 Å². The molecule has 2 rings (SSSR count). The van der Waals surface area contributed by atoms with Crippen LogP contribution in [0.15, 0.2) is 36.4 Å². The number of ether oxygens (including phenoxy) is 2. The lowest BCUT2D eigenvalue weighted by atomic mass is 10.1. The third kappa shape index (κ3) is 4.51. The van der Waals surface area contributed by atoms with Crippen LogP contribution < -0.4 is 9.47 Å². The van der Waals surface area contributed by atoms with Crippen LogP contribution in [0.3, 0.4) is 0 Å². The Balaban J connectivity index is 2.47. The lowest BCUT2D eigenvalue weighted by molar-refractivity contribution is -0.274. The van der Waals surface area contributed by atoms with E-state index in [0.717, 1.165) is 25.3 Å². The van der Waals surface area contributed by atoms with E-state index in [1.54, 1.807) is 0 Å². The van der Waals surface area contributed by atoms with Crippen LogP contribution in [0, 0.1) is 0 Å². The Morgan fingerprint density at radius 1 is 0.913 bits per heavy atom. The number of halogens is 6. The van der Waals surface area contributed by atoms with E-state index in [2.05, 4.69) is 9.72 Å². The molecule has 1 heterocycles. The van der Waals surface area contributed by atoms with Crippen molar-refractivity contribution in [1.82, 2.24) is 4.98 Å².